The number of nitrogens with zero attached hydrogens (tertiary/aromatic N) is 2. The van der Waals surface area contributed by atoms with Crippen molar-refractivity contribution in [2.45, 2.75) is 0 Å². The van der Waals surface area contributed by atoms with Crippen LogP contribution in [0, 0.1) is 0 Å². The zero-order chi connectivity index (χ0) is 13.2. The van der Waals surface area contributed by atoms with Gasteiger partial charge in [-0.1, -0.05) is 0 Å². The number of fused-ring (bicyclic) bond motifs is 1. The molecule has 19 heavy (non-hydrogen) atoms. The molecule has 0 spiro atoms. The van der Waals surface area contributed by atoms with Crippen molar-refractivity contribution >= 4 is 28.8 Å². The van der Waals surface area contributed by atoms with Crippen LogP contribution < -0.4 is 20.5 Å². The third-order valence-electron chi connectivity index (χ3n) is 2.59. The molecule has 0 amide bonds. The lowest BCUT2D eigenvalue weighted by Gasteiger charge is -2.19. The van der Waals surface area contributed by atoms with Gasteiger partial charge in [-0.05, 0) is 23.7 Å². The predicted molar refractivity (Wildman–Crippen MR) is 72.2 cm³/mol. The number of hydrogen-bond acceptors (Lipinski definition) is 6. The highest BCUT2D eigenvalue weighted by molar-refractivity contribution is 6.28. The Labute approximate surface area is 114 Å². The zero-order valence-electron chi connectivity index (χ0n) is 9.89. The largest absolute Gasteiger partial charge is 0.486 e. The molecule has 0 saturated carbocycles. The molecule has 6 nitrogen and oxygen atoms in total. The molecule has 0 aliphatic carbocycles. The van der Waals surface area contributed by atoms with E-state index in [9.17, 15) is 0 Å². The van der Waals surface area contributed by atoms with E-state index in [1.165, 1.54) is 6.20 Å². The van der Waals surface area contributed by atoms with Crippen molar-refractivity contribution in [1.82, 2.24) is 9.97 Å². The number of ether oxygens (including phenoxy) is 2. The molecule has 0 unspecified atom stereocenters. The Morgan fingerprint density at radius 1 is 1.21 bits per heavy atom. The van der Waals surface area contributed by atoms with E-state index < -0.39 is 0 Å². The molecule has 7 heteroatoms. The van der Waals surface area contributed by atoms with Crippen molar-refractivity contribution in [3.8, 4) is 11.5 Å². The first-order chi connectivity index (χ1) is 9.22. The predicted octanol–water partition coefficient (Wildman–Crippen LogP) is 2.23. The Balaban J connectivity index is 1.89. The van der Waals surface area contributed by atoms with Crippen LogP contribution in [0.2, 0.25) is 5.28 Å². The van der Waals surface area contributed by atoms with Gasteiger partial charge in [-0.2, -0.15) is 4.98 Å². The molecule has 3 rings (SSSR count). The number of nitrogens with one attached hydrogen (secondary N) is 1. The smallest absolute Gasteiger partial charge is 0.224 e. The minimum absolute atomic E-state index is 0.134. The summed E-state index contributed by atoms with van der Waals surface area (Å²) in [6, 6.07) is 5.50. The van der Waals surface area contributed by atoms with Gasteiger partial charge >= 0.3 is 0 Å². The SMILES string of the molecule is Nc1cnc(Cl)nc1Nc1ccc2c(c1)OCCO2. The summed E-state index contributed by atoms with van der Waals surface area (Å²) in [5, 5.41) is 3.20. The van der Waals surface area contributed by atoms with Crippen LogP contribution in [0.5, 0.6) is 11.5 Å². The summed E-state index contributed by atoms with van der Waals surface area (Å²) in [7, 11) is 0. The zero-order valence-corrected chi connectivity index (χ0v) is 10.6. The molecule has 1 aromatic carbocycles. The highest BCUT2D eigenvalue weighted by Crippen LogP contribution is 2.34. The van der Waals surface area contributed by atoms with Gasteiger partial charge in [0.15, 0.2) is 17.3 Å². The maximum absolute atomic E-state index is 5.77. The van der Waals surface area contributed by atoms with Crippen LogP contribution in [-0.4, -0.2) is 23.2 Å². The van der Waals surface area contributed by atoms with Crippen LogP contribution >= 0.6 is 11.6 Å². The summed E-state index contributed by atoms with van der Waals surface area (Å²) in [5.74, 6) is 1.87. The van der Waals surface area contributed by atoms with Gasteiger partial charge in [0.2, 0.25) is 5.28 Å². The van der Waals surface area contributed by atoms with Crippen LogP contribution in [0.4, 0.5) is 17.2 Å². The highest BCUT2D eigenvalue weighted by Gasteiger charge is 2.12. The van der Waals surface area contributed by atoms with Gasteiger partial charge in [-0.15, -0.1) is 0 Å². The molecule has 0 saturated heterocycles. The maximum Gasteiger partial charge on any atom is 0.224 e. The van der Waals surface area contributed by atoms with Crippen LogP contribution in [0.1, 0.15) is 0 Å². The number of halogens is 1. The van der Waals surface area contributed by atoms with Crippen molar-refractivity contribution in [2.75, 3.05) is 24.3 Å². The van der Waals surface area contributed by atoms with Gasteiger partial charge in [0.1, 0.15) is 13.2 Å². The molecule has 0 radical (unpaired) electrons. The van der Waals surface area contributed by atoms with E-state index in [-0.39, 0.29) is 5.28 Å². The first kappa shape index (κ1) is 11.9. The monoisotopic (exact) mass is 278 g/mol. The Morgan fingerprint density at radius 2 is 2.00 bits per heavy atom. The minimum Gasteiger partial charge on any atom is -0.486 e. The van der Waals surface area contributed by atoms with E-state index >= 15 is 0 Å². The van der Waals surface area contributed by atoms with E-state index in [2.05, 4.69) is 15.3 Å². The normalized spacial score (nSPS) is 13.1. The van der Waals surface area contributed by atoms with Crippen LogP contribution in [0.3, 0.4) is 0 Å². The van der Waals surface area contributed by atoms with Gasteiger partial charge < -0.3 is 20.5 Å². The van der Waals surface area contributed by atoms with E-state index in [0.29, 0.717) is 30.5 Å². The standard InChI is InChI=1S/C12H11ClN4O2/c13-12-15-6-8(14)11(17-12)16-7-1-2-9-10(5-7)19-4-3-18-9/h1-2,5-6H,3-4,14H2,(H,15,16,17). The maximum atomic E-state index is 5.77. The van der Waals surface area contributed by atoms with Gasteiger partial charge in [0.25, 0.3) is 0 Å². The van der Waals surface area contributed by atoms with Gasteiger partial charge in [-0.3, -0.25) is 0 Å². The minimum atomic E-state index is 0.134. The Kier molecular flexibility index (Phi) is 3.00. The van der Waals surface area contributed by atoms with E-state index in [0.717, 1.165) is 11.4 Å². The first-order valence-electron chi connectivity index (χ1n) is 5.67. The summed E-state index contributed by atoms with van der Waals surface area (Å²) in [4.78, 5) is 7.82. The number of benzene rings is 1. The topological polar surface area (TPSA) is 82.3 Å². The van der Waals surface area contributed by atoms with E-state index in [4.69, 9.17) is 26.8 Å². The van der Waals surface area contributed by atoms with E-state index in [1.54, 1.807) is 0 Å². The van der Waals surface area contributed by atoms with Gasteiger partial charge in [0.05, 0.1) is 11.9 Å². The Bertz CT molecular complexity index is 621. The lowest BCUT2D eigenvalue weighted by Crippen LogP contribution is -2.15. The molecular formula is C12H11ClN4O2. The summed E-state index contributed by atoms with van der Waals surface area (Å²) < 4.78 is 10.9. The molecule has 2 aromatic rings. The van der Waals surface area contributed by atoms with Crippen molar-refractivity contribution in [3.05, 3.63) is 29.7 Å². The van der Waals surface area contributed by atoms with Crippen LogP contribution in [0.15, 0.2) is 24.4 Å². The highest BCUT2D eigenvalue weighted by atomic mass is 35.5. The Hall–Kier alpha value is -2.21. The first-order valence-corrected chi connectivity index (χ1v) is 6.05. The quantitative estimate of drug-likeness (QED) is 0.820. The second kappa shape index (κ2) is 4.81. The second-order valence-corrected chi connectivity index (χ2v) is 4.26. The fraction of sp³-hybridized carbons (Fsp3) is 0.167. The molecule has 0 fully saturated rings. The molecule has 2 heterocycles. The summed E-state index contributed by atoms with van der Waals surface area (Å²) >= 11 is 5.74. The average molecular weight is 279 g/mol. The third kappa shape index (κ3) is 2.48. The molecule has 0 bridgehead atoms. The summed E-state index contributed by atoms with van der Waals surface area (Å²) in [6.07, 6.45) is 1.45. The van der Waals surface area contributed by atoms with Gasteiger partial charge in [0, 0.05) is 11.8 Å². The Morgan fingerprint density at radius 3 is 2.84 bits per heavy atom. The number of hydrogen-bond donors (Lipinski definition) is 2. The molecule has 1 aromatic heterocycles. The molecule has 1 aliphatic rings. The molecule has 0 atom stereocenters. The van der Waals surface area contributed by atoms with Crippen LogP contribution in [-0.2, 0) is 0 Å². The summed E-state index contributed by atoms with van der Waals surface area (Å²) in [5.41, 5.74) is 6.97. The third-order valence-corrected chi connectivity index (χ3v) is 2.77. The van der Waals surface area contributed by atoms with E-state index in [1.807, 2.05) is 18.2 Å². The number of nitrogen functional groups attached to an aromatic ring is 1. The van der Waals surface area contributed by atoms with Crippen molar-refractivity contribution in [3.63, 3.8) is 0 Å². The molecule has 1 aliphatic heterocycles. The fourth-order valence-corrected chi connectivity index (χ4v) is 1.86. The van der Waals surface area contributed by atoms with Gasteiger partial charge in [-0.25, -0.2) is 4.98 Å². The number of aromatic nitrogens is 2. The lowest BCUT2D eigenvalue weighted by molar-refractivity contribution is 0.171. The van der Waals surface area contributed by atoms with Crippen molar-refractivity contribution < 1.29 is 9.47 Å². The lowest BCUT2D eigenvalue weighted by atomic mass is 10.2. The molecule has 3 N–H and O–H groups in total. The fourth-order valence-electron chi connectivity index (χ4n) is 1.73. The van der Waals surface area contributed by atoms with Crippen molar-refractivity contribution in [1.29, 1.82) is 0 Å². The average Bonchev–Trinajstić information content (AvgIpc) is 2.43. The molecular weight excluding hydrogens is 268 g/mol. The van der Waals surface area contributed by atoms with Crippen molar-refractivity contribution in [2.24, 2.45) is 0 Å². The number of rotatable bonds is 2. The number of nitrogens with two attached hydrogens (primary N) is 1. The van der Waals surface area contributed by atoms with Crippen LogP contribution in [0.25, 0.3) is 0 Å². The second-order valence-electron chi connectivity index (χ2n) is 3.93. The number of anilines is 3. The molecule has 98 valence electrons. The summed E-state index contributed by atoms with van der Waals surface area (Å²) in [6.45, 7) is 1.10.